The molecule has 0 aliphatic carbocycles. The van der Waals surface area contributed by atoms with Crippen LogP contribution in [-0.4, -0.2) is 41.7 Å². The zero-order valence-electron chi connectivity index (χ0n) is 8.70. The van der Waals surface area contributed by atoms with Gasteiger partial charge in [-0.3, -0.25) is 14.7 Å². The van der Waals surface area contributed by atoms with E-state index >= 15 is 0 Å². The van der Waals surface area contributed by atoms with Crippen molar-refractivity contribution in [2.24, 2.45) is 4.99 Å². The van der Waals surface area contributed by atoms with Gasteiger partial charge in [0.1, 0.15) is 5.54 Å². The van der Waals surface area contributed by atoms with E-state index in [1.54, 1.807) is 27.0 Å². The Morgan fingerprint density at radius 3 is 2.57 bits per heavy atom. The van der Waals surface area contributed by atoms with E-state index in [1.807, 2.05) is 0 Å². The highest BCUT2D eigenvalue weighted by molar-refractivity contribution is 6.06. The highest BCUT2D eigenvalue weighted by Gasteiger charge is 2.43. The fourth-order valence-electron chi connectivity index (χ4n) is 1.31. The molecule has 1 saturated heterocycles. The van der Waals surface area contributed by atoms with Gasteiger partial charge in [0.15, 0.2) is 0 Å². The minimum atomic E-state index is -0.771. The van der Waals surface area contributed by atoms with Crippen LogP contribution in [-0.2, 0) is 4.79 Å². The maximum absolute atomic E-state index is 11.6. The first-order valence-electron chi connectivity index (χ1n) is 4.57. The lowest BCUT2D eigenvalue weighted by Gasteiger charge is -2.14. The molecule has 0 atom stereocenters. The van der Waals surface area contributed by atoms with Gasteiger partial charge in [0.25, 0.3) is 5.91 Å². The normalized spacial score (nSPS) is 20.6. The van der Waals surface area contributed by atoms with Crippen LogP contribution in [0, 0.1) is 0 Å². The van der Waals surface area contributed by atoms with Crippen molar-refractivity contribution in [3.8, 4) is 0 Å². The number of rotatable bonds is 3. The van der Waals surface area contributed by atoms with Crippen molar-refractivity contribution < 1.29 is 9.59 Å². The average Bonchev–Trinajstić information content (AvgIpc) is 2.27. The van der Waals surface area contributed by atoms with E-state index in [1.165, 1.54) is 4.90 Å². The van der Waals surface area contributed by atoms with E-state index in [2.05, 4.69) is 10.3 Å². The van der Waals surface area contributed by atoms with Gasteiger partial charge in [0, 0.05) is 0 Å². The molecular weight excluding hydrogens is 182 g/mol. The molecule has 5 nitrogen and oxygen atoms in total. The smallest absolute Gasteiger partial charge is 0.324 e. The van der Waals surface area contributed by atoms with Crippen LogP contribution >= 0.6 is 0 Å². The minimum absolute atomic E-state index is 0.186. The highest BCUT2D eigenvalue weighted by atomic mass is 16.2. The third-order valence-electron chi connectivity index (χ3n) is 2.08. The second-order valence-electron chi connectivity index (χ2n) is 3.68. The van der Waals surface area contributed by atoms with E-state index < -0.39 is 5.54 Å². The summed E-state index contributed by atoms with van der Waals surface area (Å²) >= 11 is 0. The number of amides is 3. The van der Waals surface area contributed by atoms with Crippen molar-refractivity contribution in [2.75, 3.05) is 13.1 Å². The molecule has 0 radical (unpaired) electrons. The van der Waals surface area contributed by atoms with Crippen LogP contribution in [0.5, 0.6) is 0 Å². The Labute approximate surface area is 83.2 Å². The van der Waals surface area contributed by atoms with Crippen molar-refractivity contribution in [3.63, 3.8) is 0 Å². The Balaban J connectivity index is 2.62. The quantitative estimate of drug-likeness (QED) is 0.526. The monoisotopic (exact) mass is 197 g/mol. The number of carbonyl (C=O) groups is 2. The summed E-state index contributed by atoms with van der Waals surface area (Å²) < 4.78 is 0. The van der Waals surface area contributed by atoms with E-state index in [0.717, 1.165) is 0 Å². The van der Waals surface area contributed by atoms with Gasteiger partial charge < -0.3 is 5.32 Å². The van der Waals surface area contributed by atoms with Crippen LogP contribution in [0.3, 0.4) is 0 Å². The molecule has 0 aromatic carbocycles. The van der Waals surface area contributed by atoms with Gasteiger partial charge in [-0.05, 0) is 27.0 Å². The molecule has 0 bridgehead atoms. The summed E-state index contributed by atoms with van der Waals surface area (Å²) in [6, 6.07) is -0.327. The van der Waals surface area contributed by atoms with Gasteiger partial charge in [-0.15, -0.1) is 0 Å². The largest absolute Gasteiger partial charge is 0.325 e. The Hall–Kier alpha value is -1.39. The molecule has 0 spiro atoms. The number of carbonyl (C=O) groups excluding carboxylic acids is 2. The molecule has 14 heavy (non-hydrogen) atoms. The summed E-state index contributed by atoms with van der Waals surface area (Å²) in [6.07, 6.45) is 1.66. The molecule has 1 N–H and O–H groups in total. The molecule has 1 rings (SSSR count). The number of hydrogen-bond acceptors (Lipinski definition) is 3. The standard InChI is InChI=1S/C9H15N3O2/c1-4-10-5-6-12-7(13)9(2,3)11-8(12)14/h4H,5-6H2,1-3H3,(H,11,14). The first-order chi connectivity index (χ1) is 6.49. The van der Waals surface area contributed by atoms with E-state index in [9.17, 15) is 9.59 Å². The van der Waals surface area contributed by atoms with Crippen LogP contribution in [0.2, 0.25) is 0 Å². The molecule has 0 unspecified atom stereocenters. The SMILES string of the molecule is CC=NCCN1C(=O)NC(C)(C)C1=O. The molecule has 0 saturated carbocycles. The van der Waals surface area contributed by atoms with Gasteiger partial charge in [-0.1, -0.05) is 0 Å². The molecule has 0 aromatic rings. The first kappa shape index (κ1) is 10.7. The van der Waals surface area contributed by atoms with Gasteiger partial charge in [0.05, 0.1) is 13.1 Å². The number of hydrogen-bond donors (Lipinski definition) is 1. The number of nitrogens with zero attached hydrogens (tertiary/aromatic N) is 2. The molecular formula is C9H15N3O2. The molecule has 78 valence electrons. The van der Waals surface area contributed by atoms with Crippen molar-refractivity contribution in [1.82, 2.24) is 10.2 Å². The Bertz CT molecular complexity index is 284. The molecule has 1 heterocycles. The van der Waals surface area contributed by atoms with Crippen LogP contribution in [0.1, 0.15) is 20.8 Å². The molecule has 0 aromatic heterocycles. The maximum Gasteiger partial charge on any atom is 0.325 e. The number of imide groups is 1. The van der Waals surface area contributed by atoms with Gasteiger partial charge in [-0.2, -0.15) is 0 Å². The van der Waals surface area contributed by atoms with E-state index in [0.29, 0.717) is 13.1 Å². The number of urea groups is 1. The van der Waals surface area contributed by atoms with Gasteiger partial charge >= 0.3 is 6.03 Å². The van der Waals surface area contributed by atoms with Crippen LogP contribution in [0.4, 0.5) is 4.79 Å². The number of aliphatic imine (C=N–C) groups is 1. The molecule has 1 fully saturated rings. The summed E-state index contributed by atoms with van der Waals surface area (Å²) in [6.45, 7) is 5.99. The van der Waals surface area contributed by atoms with Crippen molar-refractivity contribution in [1.29, 1.82) is 0 Å². The average molecular weight is 197 g/mol. The van der Waals surface area contributed by atoms with E-state index in [4.69, 9.17) is 0 Å². The van der Waals surface area contributed by atoms with Crippen LogP contribution < -0.4 is 5.32 Å². The topological polar surface area (TPSA) is 61.8 Å². The lowest BCUT2D eigenvalue weighted by molar-refractivity contribution is -0.130. The molecule has 3 amide bonds. The predicted octanol–water partition coefficient (Wildman–Crippen LogP) is 0.408. The second-order valence-corrected chi connectivity index (χ2v) is 3.68. The van der Waals surface area contributed by atoms with Gasteiger partial charge in [0.2, 0.25) is 0 Å². The summed E-state index contributed by atoms with van der Waals surface area (Å²) in [5, 5.41) is 2.61. The lowest BCUT2D eigenvalue weighted by atomic mass is 10.1. The van der Waals surface area contributed by atoms with Crippen molar-refractivity contribution >= 4 is 18.2 Å². The third-order valence-corrected chi connectivity index (χ3v) is 2.08. The number of nitrogens with one attached hydrogen (secondary N) is 1. The third kappa shape index (κ3) is 1.92. The Morgan fingerprint density at radius 1 is 1.50 bits per heavy atom. The maximum atomic E-state index is 11.6. The fraction of sp³-hybridized carbons (Fsp3) is 0.667. The van der Waals surface area contributed by atoms with Crippen LogP contribution in [0.25, 0.3) is 0 Å². The second kappa shape index (κ2) is 3.77. The predicted molar refractivity (Wildman–Crippen MR) is 53.4 cm³/mol. The molecule has 1 aliphatic heterocycles. The van der Waals surface area contributed by atoms with Crippen molar-refractivity contribution in [2.45, 2.75) is 26.3 Å². The summed E-state index contributed by atoms with van der Waals surface area (Å²) in [7, 11) is 0. The lowest BCUT2D eigenvalue weighted by Crippen LogP contribution is -2.40. The molecule has 1 aliphatic rings. The van der Waals surface area contributed by atoms with E-state index in [-0.39, 0.29) is 11.9 Å². The summed E-state index contributed by atoms with van der Waals surface area (Å²) in [4.78, 5) is 28.1. The zero-order valence-corrected chi connectivity index (χ0v) is 8.70. The highest BCUT2D eigenvalue weighted by Crippen LogP contribution is 2.15. The van der Waals surface area contributed by atoms with Crippen LogP contribution in [0.15, 0.2) is 4.99 Å². The summed E-state index contributed by atoms with van der Waals surface area (Å²) in [5.41, 5.74) is -0.771. The zero-order chi connectivity index (χ0) is 10.8. The van der Waals surface area contributed by atoms with Gasteiger partial charge in [-0.25, -0.2) is 4.79 Å². The Morgan fingerprint density at radius 2 is 2.14 bits per heavy atom. The molecule has 5 heteroatoms. The Kier molecular flexibility index (Phi) is 2.88. The minimum Gasteiger partial charge on any atom is -0.324 e. The fourth-order valence-corrected chi connectivity index (χ4v) is 1.31. The summed E-state index contributed by atoms with van der Waals surface area (Å²) in [5.74, 6) is -0.186. The first-order valence-corrected chi connectivity index (χ1v) is 4.57. The van der Waals surface area contributed by atoms with Crippen molar-refractivity contribution in [3.05, 3.63) is 0 Å².